The molecule has 0 fully saturated rings. The summed E-state index contributed by atoms with van der Waals surface area (Å²) in [4.78, 5) is 10.9. The SMILES string of the molecule is CC(=N)C1=C(O)[C@H](C)OC1=O. The topological polar surface area (TPSA) is 70.4 Å². The van der Waals surface area contributed by atoms with Crippen molar-refractivity contribution in [3.63, 3.8) is 0 Å². The Labute approximate surface area is 64.0 Å². The van der Waals surface area contributed by atoms with Crippen LogP contribution in [0.5, 0.6) is 0 Å². The average molecular weight is 155 g/mol. The van der Waals surface area contributed by atoms with E-state index in [4.69, 9.17) is 5.41 Å². The quantitative estimate of drug-likeness (QED) is 0.434. The zero-order chi connectivity index (χ0) is 8.59. The molecular formula is C7H9NO3. The van der Waals surface area contributed by atoms with Crippen molar-refractivity contribution in [1.29, 1.82) is 5.41 Å². The summed E-state index contributed by atoms with van der Waals surface area (Å²) in [6, 6.07) is 0. The molecule has 4 heteroatoms. The van der Waals surface area contributed by atoms with Gasteiger partial charge in [0.1, 0.15) is 11.3 Å². The van der Waals surface area contributed by atoms with Gasteiger partial charge in [-0.15, -0.1) is 0 Å². The minimum Gasteiger partial charge on any atom is -0.507 e. The van der Waals surface area contributed by atoms with E-state index in [9.17, 15) is 9.90 Å². The fraction of sp³-hybridized carbons (Fsp3) is 0.429. The van der Waals surface area contributed by atoms with Crippen LogP contribution in [0, 0.1) is 5.41 Å². The Morgan fingerprint density at radius 3 is 2.45 bits per heavy atom. The van der Waals surface area contributed by atoms with Crippen LogP contribution in [-0.4, -0.2) is 22.9 Å². The number of aliphatic hydroxyl groups excluding tert-OH is 1. The number of rotatable bonds is 1. The minimum atomic E-state index is -0.609. The zero-order valence-electron chi connectivity index (χ0n) is 6.34. The molecule has 0 bridgehead atoms. The minimum absolute atomic E-state index is 0.00231. The first-order chi connectivity index (χ1) is 5.04. The van der Waals surface area contributed by atoms with Crippen molar-refractivity contribution < 1.29 is 14.6 Å². The summed E-state index contributed by atoms with van der Waals surface area (Å²) in [7, 11) is 0. The monoisotopic (exact) mass is 155 g/mol. The number of hydrogen-bond acceptors (Lipinski definition) is 4. The fourth-order valence-corrected chi connectivity index (χ4v) is 0.928. The summed E-state index contributed by atoms with van der Waals surface area (Å²) in [5, 5.41) is 16.3. The number of aliphatic hydroxyl groups is 1. The molecule has 1 atom stereocenters. The summed E-state index contributed by atoms with van der Waals surface area (Å²) in [5.41, 5.74) is 0.0364. The number of carbonyl (C=O) groups excluding carboxylic acids is 1. The largest absolute Gasteiger partial charge is 0.507 e. The van der Waals surface area contributed by atoms with E-state index in [1.165, 1.54) is 6.92 Å². The van der Waals surface area contributed by atoms with Gasteiger partial charge in [-0.1, -0.05) is 0 Å². The standard InChI is InChI=1S/C7H9NO3/c1-3(8)5-6(9)4(2)11-7(5)10/h4,8-9H,1-2H3/t4-/m0/s1. The van der Waals surface area contributed by atoms with Crippen LogP contribution in [0.15, 0.2) is 11.3 Å². The third-order valence-corrected chi connectivity index (χ3v) is 1.50. The average Bonchev–Trinajstić information content (AvgIpc) is 2.07. The van der Waals surface area contributed by atoms with E-state index in [2.05, 4.69) is 4.74 Å². The lowest BCUT2D eigenvalue weighted by molar-refractivity contribution is -0.139. The van der Waals surface area contributed by atoms with Crippen molar-refractivity contribution in [1.82, 2.24) is 0 Å². The number of ether oxygens (including phenoxy) is 1. The first-order valence-electron chi connectivity index (χ1n) is 3.23. The number of cyclic esters (lactones) is 1. The number of nitrogens with one attached hydrogen (secondary N) is 1. The lowest BCUT2D eigenvalue weighted by Gasteiger charge is -1.99. The number of hydrogen-bond donors (Lipinski definition) is 2. The molecule has 0 aromatic heterocycles. The lowest BCUT2D eigenvalue weighted by atomic mass is 10.1. The van der Waals surface area contributed by atoms with Gasteiger partial charge in [-0.3, -0.25) is 0 Å². The van der Waals surface area contributed by atoms with Crippen molar-refractivity contribution in [2.75, 3.05) is 0 Å². The molecule has 60 valence electrons. The maximum atomic E-state index is 10.9. The highest BCUT2D eigenvalue weighted by atomic mass is 16.6. The second-order valence-electron chi connectivity index (χ2n) is 2.43. The smallest absolute Gasteiger partial charge is 0.344 e. The van der Waals surface area contributed by atoms with Crippen molar-refractivity contribution >= 4 is 11.7 Å². The van der Waals surface area contributed by atoms with E-state index >= 15 is 0 Å². The second kappa shape index (κ2) is 2.38. The molecule has 11 heavy (non-hydrogen) atoms. The molecular weight excluding hydrogens is 146 g/mol. The van der Waals surface area contributed by atoms with Gasteiger partial charge in [0.05, 0.1) is 0 Å². The van der Waals surface area contributed by atoms with Crippen LogP contribution < -0.4 is 0 Å². The van der Waals surface area contributed by atoms with E-state index in [-0.39, 0.29) is 17.0 Å². The van der Waals surface area contributed by atoms with E-state index in [1.54, 1.807) is 6.92 Å². The Morgan fingerprint density at radius 2 is 2.27 bits per heavy atom. The van der Waals surface area contributed by atoms with Gasteiger partial charge < -0.3 is 15.3 Å². The van der Waals surface area contributed by atoms with Crippen molar-refractivity contribution in [3.8, 4) is 0 Å². The summed E-state index contributed by atoms with van der Waals surface area (Å²) >= 11 is 0. The summed E-state index contributed by atoms with van der Waals surface area (Å²) in [6.45, 7) is 2.99. The molecule has 0 aliphatic carbocycles. The first kappa shape index (κ1) is 7.78. The fourth-order valence-electron chi connectivity index (χ4n) is 0.928. The van der Waals surface area contributed by atoms with E-state index in [0.717, 1.165) is 0 Å². The molecule has 0 radical (unpaired) electrons. The van der Waals surface area contributed by atoms with Crippen LogP contribution in [0.3, 0.4) is 0 Å². The Hall–Kier alpha value is -1.32. The Bertz CT molecular complexity index is 254. The Balaban J connectivity index is 3.07. The molecule has 1 aliphatic rings. The third-order valence-electron chi connectivity index (χ3n) is 1.50. The molecule has 0 saturated carbocycles. The van der Waals surface area contributed by atoms with Gasteiger partial charge in [-0.25, -0.2) is 4.79 Å². The van der Waals surface area contributed by atoms with E-state index < -0.39 is 12.1 Å². The van der Waals surface area contributed by atoms with Gasteiger partial charge in [0.2, 0.25) is 0 Å². The predicted molar refractivity (Wildman–Crippen MR) is 38.6 cm³/mol. The molecule has 0 spiro atoms. The highest BCUT2D eigenvalue weighted by Gasteiger charge is 2.31. The van der Waals surface area contributed by atoms with Crippen molar-refractivity contribution in [2.24, 2.45) is 0 Å². The maximum absolute atomic E-state index is 10.9. The summed E-state index contributed by atoms with van der Waals surface area (Å²) in [5.74, 6) is -0.745. The Morgan fingerprint density at radius 1 is 1.73 bits per heavy atom. The Kier molecular flexibility index (Phi) is 1.68. The van der Waals surface area contributed by atoms with Crippen LogP contribution >= 0.6 is 0 Å². The predicted octanol–water partition coefficient (Wildman–Crippen LogP) is 0.783. The molecule has 0 unspecified atom stereocenters. The summed E-state index contributed by atoms with van der Waals surface area (Å²) < 4.78 is 4.64. The van der Waals surface area contributed by atoms with Gasteiger partial charge in [0.25, 0.3) is 0 Å². The van der Waals surface area contributed by atoms with Crippen LogP contribution in [0.25, 0.3) is 0 Å². The van der Waals surface area contributed by atoms with Gasteiger partial charge in [-0.05, 0) is 13.8 Å². The van der Waals surface area contributed by atoms with Crippen LogP contribution in [0.1, 0.15) is 13.8 Å². The van der Waals surface area contributed by atoms with E-state index in [0.29, 0.717) is 0 Å². The maximum Gasteiger partial charge on any atom is 0.344 e. The first-order valence-corrected chi connectivity index (χ1v) is 3.23. The number of carbonyl (C=O) groups is 1. The normalized spacial score (nSPS) is 23.8. The molecule has 4 nitrogen and oxygen atoms in total. The van der Waals surface area contributed by atoms with Gasteiger partial charge in [0, 0.05) is 5.71 Å². The number of esters is 1. The molecule has 0 saturated heterocycles. The molecule has 0 aromatic carbocycles. The van der Waals surface area contributed by atoms with Gasteiger partial charge in [0.15, 0.2) is 6.10 Å². The van der Waals surface area contributed by atoms with Crippen LogP contribution in [0.2, 0.25) is 0 Å². The molecule has 1 rings (SSSR count). The molecule has 2 N–H and O–H groups in total. The highest BCUT2D eigenvalue weighted by molar-refractivity contribution is 6.19. The zero-order valence-corrected chi connectivity index (χ0v) is 6.34. The van der Waals surface area contributed by atoms with E-state index in [1.807, 2.05) is 0 Å². The molecule has 1 aliphatic heterocycles. The molecule has 0 aromatic rings. The van der Waals surface area contributed by atoms with Crippen LogP contribution in [0.4, 0.5) is 0 Å². The van der Waals surface area contributed by atoms with Crippen LogP contribution in [-0.2, 0) is 9.53 Å². The van der Waals surface area contributed by atoms with Gasteiger partial charge in [-0.2, -0.15) is 0 Å². The highest BCUT2D eigenvalue weighted by Crippen LogP contribution is 2.20. The second-order valence-corrected chi connectivity index (χ2v) is 2.43. The molecule has 0 amide bonds. The lowest BCUT2D eigenvalue weighted by Crippen LogP contribution is -2.07. The van der Waals surface area contributed by atoms with Gasteiger partial charge >= 0.3 is 5.97 Å². The van der Waals surface area contributed by atoms with Crippen molar-refractivity contribution in [3.05, 3.63) is 11.3 Å². The third kappa shape index (κ3) is 1.11. The summed E-state index contributed by atoms with van der Waals surface area (Å²) in [6.07, 6.45) is -0.599. The molecule has 1 heterocycles. The van der Waals surface area contributed by atoms with Crippen molar-refractivity contribution in [2.45, 2.75) is 20.0 Å².